The van der Waals surface area contributed by atoms with Crippen molar-refractivity contribution in [1.82, 2.24) is 0 Å². The molecular weight excluding hydrogens is 370 g/mol. The maximum Gasteiger partial charge on any atom is 0.349 e. The average Bonchev–Trinajstić information content (AvgIpc) is 2.73. The van der Waals surface area contributed by atoms with Crippen LogP contribution in [0.3, 0.4) is 0 Å². The first-order valence-electron chi connectivity index (χ1n) is 9.00. The molecule has 1 amide bonds. The minimum Gasteiger partial charge on any atom is -0.496 e. The molecule has 29 heavy (non-hydrogen) atoms. The third-order valence-electron chi connectivity index (χ3n) is 4.04. The third kappa shape index (κ3) is 5.59. The van der Waals surface area contributed by atoms with Crippen LogP contribution in [-0.4, -0.2) is 25.6 Å². The summed E-state index contributed by atoms with van der Waals surface area (Å²) < 4.78 is 15.9. The van der Waals surface area contributed by atoms with Gasteiger partial charge in [0.25, 0.3) is 5.91 Å². The summed E-state index contributed by atoms with van der Waals surface area (Å²) in [6, 6.07) is 20.9. The molecule has 148 valence electrons. The van der Waals surface area contributed by atoms with Gasteiger partial charge in [0.1, 0.15) is 17.2 Å². The van der Waals surface area contributed by atoms with Gasteiger partial charge in [-0.15, -0.1) is 0 Å². The molecule has 0 fully saturated rings. The number of hydrogen-bond acceptors (Lipinski definition) is 5. The fourth-order valence-corrected chi connectivity index (χ4v) is 2.65. The summed E-state index contributed by atoms with van der Waals surface area (Å²) in [7, 11) is 1.51. The highest BCUT2D eigenvalue weighted by atomic mass is 16.6. The quantitative estimate of drug-likeness (QED) is 0.482. The highest BCUT2D eigenvalue weighted by molar-refractivity contribution is 6.06. The van der Waals surface area contributed by atoms with Gasteiger partial charge in [0.2, 0.25) is 0 Å². The summed E-state index contributed by atoms with van der Waals surface area (Å²) in [5.74, 6) is 0.648. The molecule has 0 radical (unpaired) electrons. The standard InChI is InChI=1S/C23H21NO5/c1-16-6-5-7-19(14-16)28-15-22(25)29-18-12-10-17(11-13-18)24-23(26)20-8-3-4-9-21(20)27-2/h3-14H,15H2,1-2H3,(H,24,26). The number of ether oxygens (including phenoxy) is 3. The Morgan fingerprint density at radius 3 is 2.38 bits per heavy atom. The Bertz CT molecular complexity index is 998. The molecule has 0 atom stereocenters. The molecular formula is C23H21NO5. The molecule has 3 aromatic carbocycles. The van der Waals surface area contributed by atoms with Crippen LogP contribution in [0.2, 0.25) is 0 Å². The lowest BCUT2D eigenvalue weighted by molar-refractivity contribution is -0.136. The second-order valence-electron chi connectivity index (χ2n) is 6.26. The van der Waals surface area contributed by atoms with Crippen molar-refractivity contribution in [3.05, 3.63) is 83.9 Å². The highest BCUT2D eigenvalue weighted by Crippen LogP contribution is 2.21. The molecule has 6 nitrogen and oxygen atoms in total. The fraction of sp³-hybridized carbons (Fsp3) is 0.130. The van der Waals surface area contributed by atoms with Gasteiger partial charge in [-0.05, 0) is 61.0 Å². The lowest BCUT2D eigenvalue weighted by Crippen LogP contribution is -2.17. The monoisotopic (exact) mass is 391 g/mol. The van der Waals surface area contributed by atoms with Gasteiger partial charge in [0.15, 0.2) is 6.61 Å². The number of anilines is 1. The molecule has 6 heteroatoms. The second kappa shape index (κ2) is 9.41. The van der Waals surface area contributed by atoms with Crippen LogP contribution < -0.4 is 19.5 Å². The van der Waals surface area contributed by atoms with E-state index in [9.17, 15) is 9.59 Å². The molecule has 3 aromatic rings. The molecule has 0 aromatic heterocycles. The van der Waals surface area contributed by atoms with Gasteiger partial charge in [-0.2, -0.15) is 0 Å². The molecule has 0 saturated heterocycles. The largest absolute Gasteiger partial charge is 0.496 e. The van der Waals surface area contributed by atoms with Gasteiger partial charge in [-0.1, -0.05) is 24.3 Å². The predicted octanol–water partition coefficient (Wildman–Crippen LogP) is 4.24. The van der Waals surface area contributed by atoms with Crippen molar-refractivity contribution in [2.24, 2.45) is 0 Å². The first-order chi connectivity index (χ1) is 14.0. The van der Waals surface area contributed by atoms with Crippen molar-refractivity contribution in [3.8, 4) is 17.2 Å². The number of rotatable bonds is 7. The lowest BCUT2D eigenvalue weighted by atomic mass is 10.2. The number of amides is 1. The SMILES string of the molecule is COc1ccccc1C(=O)Nc1ccc(OC(=O)COc2cccc(C)c2)cc1. The Hall–Kier alpha value is -3.80. The van der Waals surface area contributed by atoms with E-state index in [4.69, 9.17) is 14.2 Å². The van der Waals surface area contributed by atoms with E-state index < -0.39 is 5.97 Å². The molecule has 0 saturated carbocycles. The Labute approximate surface area is 169 Å². The molecule has 0 heterocycles. The Balaban J connectivity index is 1.54. The van der Waals surface area contributed by atoms with Crippen LogP contribution in [0.1, 0.15) is 15.9 Å². The molecule has 0 aliphatic heterocycles. The summed E-state index contributed by atoms with van der Waals surface area (Å²) in [6.45, 7) is 1.75. The first kappa shape index (κ1) is 19.9. The summed E-state index contributed by atoms with van der Waals surface area (Å²) in [6.07, 6.45) is 0. The molecule has 3 rings (SSSR count). The number of carbonyl (C=O) groups excluding carboxylic acids is 2. The van der Waals surface area contributed by atoms with Crippen molar-refractivity contribution >= 4 is 17.6 Å². The van der Waals surface area contributed by atoms with Crippen LogP contribution in [0.4, 0.5) is 5.69 Å². The van der Waals surface area contributed by atoms with E-state index in [0.717, 1.165) is 5.56 Å². The zero-order chi connectivity index (χ0) is 20.6. The Morgan fingerprint density at radius 1 is 0.897 bits per heavy atom. The van der Waals surface area contributed by atoms with Crippen LogP contribution in [0.5, 0.6) is 17.2 Å². The zero-order valence-electron chi connectivity index (χ0n) is 16.2. The number of carbonyl (C=O) groups is 2. The van der Waals surface area contributed by atoms with Crippen LogP contribution >= 0.6 is 0 Å². The van der Waals surface area contributed by atoms with E-state index >= 15 is 0 Å². The normalized spacial score (nSPS) is 10.1. The van der Waals surface area contributed by atoms with Gasteiger partial charge < -0.3 is 19.5 Å². The smallest absolute Gasteiger partial charge is 0.349 e. The van der Waals surface area contributed by atoms with Crippen molar-refractivity contribution in [3.63, 3.8) is 0 Å². The van der Waals surface area contributed by atoms with E-state index in [-0.39, 0.29) is 12.5 Å². The number of esters is 1. The van der Waals surface area contributed by atoms with Crippen LogP contribution in [-0.2, 0) is 4.79 Å². The van der Waals surface area contributed by atoms with E-state index in [0.29, 0.717) is 28.5 Å². The highest BCUT2D eigenvalue weighted by Gasteiger charge is 2.12. The van der Waals surface area contributed by atoms with E-state index in [1.165, 1.54) is 7.11 Å². The maximum absolute atomic E-state index is 12.4. The van der Waals surface area contributed by atoms with E-state index in [1.807, 2.05) is 25.1 Å². The number of aryl methyl sites for hydroxylation is 1. The zero-order valence-corrected chi connectivity index (χ0v) is 16.2. The average molecular weight is 391 g/mol. The van der Waals surface area contributed by atoms with Gasteiger partial charge in [-0.25, -0.2) is 4.79 Å². The number of methoxy groups -OCH3 is 1. The third-order valence-corrected chi connectivity index (χ3v) is 4.04. The van der Waals surface area contributed by atoms with Gasteiger partial charge in [0, 0.05) is 5.69 Å². The van der Waals surface area contributed by atoms with E-state index in [2.05, 4.69) is 5.32 Å². The number of para-hydroxylation sites is 1. The molecule has 1 N–H and O–H groups in total. The van der Waals surface area contributed by atoms with Crippen molar-refractivity contribution in [2.45, 2.75) is 6.92 Å². The van der Waals surface area contributed by atoms with Crippen molar-refractivity contribution < 1.29 is 23.8 Å². The molecule has 0 spiro atoms. The topological polar surface area (TPSA) is 73.9 Å². The molecule has 0 bridgehead atoms. The minimum absolute atomic E-state index is 0.199. The summed E-state index contributed by atoms with van der Waals surface area (Å²) in [5, 5.41) is 2.78. The summed E-state index contributed by atoms with van der Waals surface area (Å²) in [5.41, 5.74) is 2.04. The summed E-state index contributed by atoms with van der Waals surface area (Å²) in [4.78, 5) is 24.4. The fourth-order valence-electron chi connectivity index (χ4n) is 2.65. The van der Waals surface area contributed by atoms with Gasteiger partial charge in [-0.3, -0.25) is 4.79 Å². The van der Waals surface area contributed by atoms with Gasteiger partial charge >= 0.3 is 5.97 Å². The van der Waals surface area contributed by atoms with Crippen molar-refractivity contribution in [1.29, 1.82) is 0 Å². The molecule has 0 unspecified atom stereocenters. The van der Waals surface area contributed by atoms with Crippen LogP contribution in [0.25, 0.3) is 0 Å². The Kier molecular flexibility index (Phi) is 6.47. The van der Waals surface area contributed by atoms with Gasteiger partial charge in [0.05, 0.1) is 12.7 Å². The van der Waals surface area contributed by atoms with E-state index in [1.54, 1.807) is 54.6 Å². The molecule has 0 aliphatic rings. The van der Waals surface area contributed by atoms with Crippen LogP contribution in [0, 0.1) is 6.92 Å². The minimum atomic E-state index is -0.516. The number of nitrogens with one attached hydrogen (secondary N) is 1. The summed E-state index contributed by atoms with van der Waals surface area (Å²) >= 11 is 0. The first-order valence-corrected chi connectivity index (χ1v) is 9.00. The van der Waals surface area contributed by atoms with Crippen LogP contribution in [0.15, 0.2) is 72.8 Å². The number of benzene rings is 3. The Morgan fingerprint density at radius 2 is 1.66 bits per heavy atom. The lowest BCUT2D eigenvalue weighted by Gasteiger charge is -2.10. The predicted molar refractivity (Wildman–Crippen MR) is 110 cm³/mol. The maximum atomic E-state index is 12.4. The van der Waals surface area contributed by atoms with Crippen molar-refractivity contribution in [2.75, 3.05) is 19.0 Å². The second-order valence-corrected chi connectivity index (χ2v) is 6.26. The molecule has 0 aliphatic carbocycles. The number of hydrogen-bond donors (Lipinski definition) is 1.